The van der Waals surface area contributed by atoms with Crippen molar-refractivity contribution in [1.82, 2.24) is 4.90 Å². The van der Waals surface area contributed by atoms with Gasteiger partial charge in [0.2, 0.25) is 0 Å². The Morgan fingerprint density at radius 3 is 2.79 bits per heavy atom. The molecule has 1 unspecified atom stereocenters. The molecule has 0 N–H and O–H groups in total. The largest absolute Gasteiger partial charge is 0.299 e. The van der Waals surface area contributed by atoms with Gasteiger partial charge in [-0.2, -0.15) is 5.26 Å². The predicted molar refractivity (Wildman–Crippen MR) is 56.8 cm³/mol. The van der Waals surface area contributed by atoms with Gasteiger partial charge in [-0.3, -0.25) is 4.90 Å². The monoisotopic (exact) mass is 192 g/mol. The first-order valence-electron chi connectivity index (χ1n) is 5.95. The van der Waals surface area contributed by atoms with Crippen molar-refractivity contribution in [2.24, 2.45) is 5.41 Å². The van der Waals surface area contributed by atoms with Gasteiger partial charge in [-0.15, -0.1) is 0 Å². The third-order valence-electron chi connectivity index (χ3n) is 3.82. The van der Waals surface area contributed by atoms with Crippen LogP contribution < -0.4 is 0 Å². The van der Waals surface area contributed by atoms with Gasteiger partial charge < -0.3 is 0 Å². The normalized spacial score (nSPS) is 31.0. The zero-order chi connectivity index (χ0) is 10.0. The number of nitriles is 1. The fraction of sp³-hybridized carbons (Fsp3) is 0.917. The lowest BCUT2D eigenvalue weighted by Crippen LogP contribution is -2.42. The molecule has 78 valence electrons. The van der Waals surface area contributed by atoms with Gasteiger partial charge in [0.1, 0.15) is 0 Å². The van der Waals surface area contributed by atoms with Crippen LogP contribution in [0.1, 0.15) is 45.4 Å². The SMILES string of the molecule is CCC1CCCCN1CC1(C#N)CC1. The first kappa shape index (κ1) is 9.98. The number of rotatable bonds is 3. The number of piperidine rings is 1. The van der Waals surface area contributed by atoms with Gasteiger partial charge in [0.05, 0.1) is 11.5 Å². The second kappa shape index (κ2) is 3.90. The van der Waals surface area contributed by atoms with Crippen LogP contribution in [0.3, 0.4) is 0 Å². The van der Waals surface area contributed by atoms with Crippen LogP contribution in [0.15, 0.2) is 0 Å². The van der Waals surface area contributed by atoms with Crippen LogP contribution in [0.25, 0.3) is 0 Å². The van der Waals surface area contributed by atoms with Crippen molar-refractivity contribution in [3.05, 3.63) is 0 Å². The molecule has 2 heteroatoms. The van der Waals surface area contributed by atoms with Gasteiger partial charge in [0.25, 0.3) is 0 Å². The van der Waals surface area contributed by atoms with Crippen LogP contribution >= 0.6 is 0 Å². The maximum absolute atomic E-state index is 9.07. The zero-order valence-electron chi connectivity index (χ0n) is 9.13. The van der Waals surface area contributed by atoms with Crippen molar-refractivity contribution < 1.29 is 0 Å². The molecule has 2 rings (SSSR count). The van der Waals surface area contributed by atoms with Gasteiger partial charge in [0.15, 0.2) is 0 Å². The van der Waals surface area contributed by atoms with Crippen molar-refractivity contribution >= 4 is 0 Å². The highest BCUT2D eigenvalue weighted by Gasteiger charge is 2.45. The average Bonchev–Trinajstić information content (AvgIpc) is 2.99. The van der Waals surface area contributed by atoms with E-state index in [-0.39, 0.29) is 5.41 Å². The summed E-state index contributed by atoms with van der Waals surface area (Å²) in [4.78, 5) is 2.57. The third kappa shape index (κ3) is 1.93. The number of hydrogen-bond donors (Lipinski definition) is 0. The fourth-order valence-electron chi connectivity index (χ4n) is 2.58. The number of nitrogens with zero attached hydrogens (tertiary/aromatic N) is 2. The molecule has 0 bridgehead atoms. The topological polar surface area (TPSA) is 27.0 Å². The van der Waals surface area contributed by atoms with Crippen LogP contribution in [0.2, 0.25) is 0 Å². The summed E-state index contributed by atoms with van der Waals surface area (Å²) in [6.07, 6.45) is 7.58. The summed E-state index contributed by atoms with van der Waals surface area (Å²) < 4.78 is 0. The van der Waals surface area contributed by atoms with E-state index in [1.54, 1.807) is 0 Å². The van der Waals surface area contributed by atoms with E-state index in [1.807, 2.05) is 0 Å². The molecule has 1 saturated heterocycles. The molecule has 1 saturated carbocycles. The van der Waals surface area contributed by atoms with Crippen LogP contribution in [0.4, 0.5) is 0 Å². The van der Waals surface area contributed by atoms with Gasteiger partial charge in [-0.25, -0.2) is 0 Å². The fourth-order valence-corrected chi connectivity index (χ4v) is 2.58. The van der Waals surface area contributed by atoms with Gasteiger partial charge in [-0.05, 0) is 38.6 Å². The van der Waals surface area contributed by atoms with Gasteiger partial charge in [-0.1, -0.05) is 13.3 Å². The molecular formula is C12H20N2. The Bertz CT molecular complexity index is 237. The minimum atomic E-state index is 0.0603. The quantitative estimate of drug-likeness (QED) is 0.687. The van der Waals surface area contributed by atoms with E-state index in [9.17, 15) is 0 Å². The summed E-state index contributed by atoms with van der Waals surface area (Å²) in [6, 6.07) is 3.26. The second-order valence-corrected chi connectivity index (χ2v) is 4.92. The third-order valence-corrected chi connectivity index (χ3v) is 3.82. The maximum Gasteiger partial charge on any atom is 0.0703 e. The van der Waals surface area contributed by atoms with E-state index in [2.05, 4.69) is 17.9 Å². The van der Waals surface area contributed by atoms with Crippen molar-refractivity contribution in [1.29, 1.82) is 5.26 Å². The molecule has 1 aliphatic heterocycles. The first-order chi connectivity index (χ1) is 6.79. The summed E-state index contributed by atoms with van der Waals surface area (Å²) in [5.41, 5.74) is 0.0603. The summed E-state index contributed by atoms with van der Waals surface area (Å²) in [7, 11) is 0. The first-order valence-corrected chi connectivity index (χ1v) is 5.95. The van der Waals surface area contributed by atoms with E-state index in [4.69, 9.17) is 5.26 Å². The molecule has 0 aromatic heterocycles. The van der Waals surface area contributed by atoms with Crippen LogP contribution in [0, 0.1) is 16.7 Å². The Morgan fingerprint density at radius 2 is 2.21 bits per heavy atom. The van der Waals surface area contributed by atoms with Crippen molar-refractivity contribution in [2.45, 2.75) is 51.5 Å². The molecule has 1 heterocycles. The van der Waals surface area contributed by atoms with E-state index in [1.165, 1.54) is 32.2 Å². The van der Waals surface area contributed by atoms with E-state index >= 15 is 0 Å². The Hall–Kier alpha value is -0.550. The Labute approximate surface area is 86.9 Å². The minimum Gasteiger partial charge on any atom is -0.299 e. The summed E-state index contributed by atoms with van der Waals surface area (Å²) >= 11 is 0. The molecule has 0 aromatic rings. The molecule has 2 fully saturated rings. The average molecular weight is 192 g/mol. The summed E-state index contributed by atoms with van der Waals surface area (Å²) in [5, 5.41) is 9.07. The van der Waals surface area contributed by atoms with Gasteiger partial charge >= 0.3 is 0 Å². The molecule has 1 atom stereocenters. The number of likely N-dealkylation sites (tertiary alicyclic amines) is 1. The van der Waals surface area contributed by atoms with Crippen molar-refractivity contribution in [2.75, 3.05) is 13.1 Å². The molecule has 0 aromatic carbocycles. The Balaban J connectivity index is 1.92. The Morgan fingerprint density at radius 1 is 1.43 bits per heavy atom. The van der Waals surface area contributed by atoms with Crippen LogP contribution in [0.5, 0.6) is 0 Å². The lowest BCUT2D eigenvalue weighted by atomic mass is 9.97. The van der Waals surface area contributed by atoms with E-state index in [0.29, 0.717) is 0 Å². The summed E-state index contributed by atoms with van der Waals surface area (Å²) in [5.74, 6) is 0. The lowest BCUT2D eigenvalue weighted by Gasteiger charge is -2.36. The molecule has 14 heavy (non-hydrogen) atoms. The number of hydrogen-bond acceptors (Lipinski definition) is 2. The predicted octanol–water partition coefficient (Wildman–Crippen LogP) is 2.55. The molecule has 0 spiro atoms. The smallest absolute Gasteiger partial charge is 0.0703 e. The molecule has 0 amide bonds. The molecule has 0 radical (unpaired) electrons. The highest BCUT2D eigenvalue weighted by molar-refractivity contribution is 5.11. The van der Waals surface area contributed by atoms with Crippen molar-refractivity contribution in [3.8, 4) is 6.07 Å². The Kier molecular flexibility index (Phi) is 2.78. The summed E-state index contributed by atoms with van der Waals surface area (Å²) in [6.45, 7) is 4.54. The molecular weight excluding hydrogens is 172 g/mol. The molecule has 2 aliphatic rings. The van der Waals surface area contributed by atoms with E-state index in [0.717, 1.165) is 25.4 Å². The van der Waals surface area contributed by atoms with Crippen LogP contribution in [-0.4, -0.2) is 24.0 Å². The molecule has 1 aliphatic carbocycles. The standard InChI is InChI=1S/C12H20N2/c1-2-11-5-3-4-8-14(11)10-12(9-13)6-7-12/h11H,2-8,10H2,1H3. The lowest BCUT2D eigenvalue weighted by molar-refractivity contribution is 0.127. The maximum atomic E-state index is 9.07. The second-order valence-electron chi connectivity index (χ2n) is 4.92. The minimum absolute atomic E-state index is 0.0603. The van der Waals surface area contributed by atoms with Gasteiger partial charge in [0, 0.05) is 12.6 Å². The van der Waals surface area contributed by atoms with Crippen molar-refractivity contribution in [3.63, 3.8) is 0 Å². The highest BCUT2D eigenvalue weighted by Crippen LogP contribution is 2.46. The molecule has 2 nitrogen and oxygen atoms in total. The van der Waals surface area contributed by atoms with E-state index < -0.39 is 0 Å². The highest BCUT2D eigenvalue weighted by atomic mass is 15.2. The van der Waals surface area contributed by atoms with Crippen LogP contribution in [-0.2, 0) is 0 Å². The zero-order valence-corrected chi connectivity index (χ0v) is 9.13.